The van der Waals surface area contributed by atoms with E-state index < -0.39 is 23.9 Å². The second kappa shape index (κ2) is 9.32. The number of hydrogen-bond acceptors (Lipinski definition) is 6. The van der Waals surface area contributed by atoms with Crippen LogP contribution in [0.15, 0.2) is 0 Å². The predicted octanol–water partition coefficient (Wildman–Crippen LogP) is 0.278. The zero-order valence-electron chi connectivity index (χ0n) is 11.5. The first kappa shape index (κ1) is 17.4. The highest BCUT2D eigenvalue weighted by Crippen LogP contribution is 2.08. The minimum atomic E-state index is -0.975. The van der Waals surface area contributed by atoms with Gasteiger partial charge in [-0.2, -0.15) is 0 Å². The number of carbonyl (C=O) groups is 3. The van der Waals surface area contributed by atoms with Crippen LogP contribution in [0.25, 0.3) is 0 Å². The molecule has 0 aromatic rings. The van der Waals surface area contributed by atoms with Gasteiger partial charge >= 0.3 is 17.9 Å². The molecular weight excluding hydrogens is 254 g/mol. The number of carboxylic acids is 1. The van der Waals surface area contributed by atoms with Crippen LogP contribution in [0.5, 0.6) is 0 Å². The van der Waals surface area contributed by atoms with Gasteiger partial charge in [0.25, 0.3) is 0 Å². The first-order valence-corrected chi connectivity index (χ1v) is 6.06. The van der Waals surface area contributed by atoms with Crippen molar-refractivity contribution in [2.24, 2.45) is 0 Å². The standard InChI is InChI=1S/C12H21NO6/c1-4-9(12(16)17)13(7-5-10(14)18-2)8-6-11(15)19-3/h9H,4-8H2,1-3H3,(H,16,17). The molecule has 0 saturated carbocycles. The van der Waals surface area contributed by atoms with E-state index in [4.69, 9.17) is 5.11 Å². The molecule has 0 fully saturated rings. The van der Waals surface area contributed by atoms with Gasteiger partial charge in [-0.3, -0.25) is 19.3 Å². The van der Waals surface area contributed by atoms with Crippen molar-refractivity contribution in [1.82, 2.24) is 4.90 Å². The van der Waals surface area contributed by atoms with Gasteiger partial charge in [-0.25, -0.2) is 0 Å². The molecule has 0 saturated heterocycles. The van der Waals surface area contributed by atoms with Crippen molar-refractivity contribution in [2.75, 3.05) is 27.3 Å². The normalized spacial score (nSPS) is 12.0. The molecule has 7 heteroatoms. The average Bonchev–Trinajstić information content (AvgIpc) is 2.40. The summed E-state index contributed by atoms with van der Waals surface area (Å²) in [5.74, 6) is -1.80. The van der Waals surface area contributed by atoms with Gasteiger partial charge < -0.3 is 14.6 Å². The van der Waals surface area contributed by atoms with Crippen molar-refractivity contribution in [1.29, 1.82) is 0 Å². The lowest BCUT2D eigenvalue weighted by Crippen LogP contribution is -2.43. The van der Waals surface area contributed by atoms with Gasteiger partial charge in [0.1, 0.15) is 6.04 Å². The number of carbonyl (C=O) groups excluding carboxylic acids is 2. The molecule has 1 N–H and O–H groups in total. The Kier molecular flexibility index (Phi) is 8.52. The Labute approximate surface area is 112 Å². The van der Waals surface area contributed by atoms with E-state index in [0.29, 0.717) is 6.42 Å². The maximum absolute atomic E-state index is 11.1. The van der Waals surface area contributed by atoms with Crippen LogP contribution in [0, 0.1) is 0 Å². The van der Waals surface area contributed by atoms with Gasteiger partial charge in [-0.1, -0.05) is 6.92 Å². The lowest BCUT2D eigenvalue weighted by atomic mass is 10.1. The minimum absolute atomic E-state index is 0.0848. The molecule has 0 aromatic heterocycles. The number of rotatable bonds is 9. The molecule has 0 aromatic carbocycles. The van der Waals surface area contributed by atoms with Crippen molar-refractivity contribution in [3.05, 3.63) is 0 Å². The van der Waals surface area contributed by atoms with Crippen molar-refractivity contribution in [2.45, 2.75) is 32.2 Å². The molecule has 19 heavy (non-hydrogen) atoms. The maximum Gasteiger partial charge on any atom is 0.320 e. The monoisotopic (exact) mass is 275 g/mol. The zero-order valence-corrected chi connectivity index (χ0v) is 11.5. The van der Waals surface area contributed by atoms with E-state index in [0.717, 1.165) is 0 Å². The fourth-order valence-electron chi connectivity index (χ4n) is 1.69. The van der Waals surface area contributed by atoms with Gasteiger partial charge in [-0.15, -0.1) is 0 Å². The Balaban J connectivity index is 4.56. The van der Waals surface area contributed by atoms with Gasteiger partial charge in [0.15, 0.2) is 0 Å². The quantitative estimate of drug-likeness (QED) is 0.604. The Morgan fingerprint density at radius 2 is 1.47 bits per heavy atom. The summed E-state index contributed by atoms with van der Waals surface area (Å²) < 4.78 is 9.03. The van der Waals surface area contributed by atoms with E-state index in [9.17, 15) is 14.4 Å². The van der Waals surface area contributed by atoms with Crippen molar-refractivity contribution < 1.29 is 29.0 Å². The van der Waals surface area contributed by atoms with E-state index in [-0.39, 0.29) is 25.9 Å². The third-order valence-electron chi connectivity index (χ3n) is 2.77. The Morgan fingerprint density at radius 3 is 1.74 bits per heavy atom. The fraction of sp³-hybridized carbons (Fsp3) is 0.750. The summed E-state index contributed by atoms with van der Waals surface area (Å²) in [6.45, 7) is 2.20. The van der Waals surface area contributed by atoms with E-state index in [1.54, 1.807) is 11.8 Å². The predicted molar refractivity (Wildman–Crippen MR) is 66.6 cm³/mol. The number of esters is 2. The maximum atomic E-state index is 11.1. The van der Waals surface area contributed by atoms with Crippen molar-refractivity contribution >= 4 is 17.9 Å². The third-order valence-corrected chi connectivity index (χ3v) is 2.77. The summed E-state index contributed by atoms with van der Waals surface area (Å²) in [7, 11) is 2.55. The molecule has 110 valence electrons. The fourth-order valence-corrected chi connectivity index (χ4v) is 1.69. The molecule has 1 unspecified atom stereocenters. The smallest absolute Gasteiger partial charge is 0.320 e. The van der Waals surface area contributed by atoms with Crippen LogP contribution >= 0.6 is 0 Å². The first-order valence-electron chi connectivity index (χ1n) is 6.06. The van der Waals surface area contributed by atoms with Crippen LogP contribution in [0.4, 0.5) is 0 Å². The summed E-state index contributed by atoms with van der Waals surface area (Å²) in [5.41, 5.74) is 0. The molecule has 0 heterocycles. The number of nitrogens with zero attached hydrogens (tertiary/aromatic N) is 1. The largest absolute Gasteiger partial charge is 0.480 e. The van der Waals surface area contributed by atoms with E-state index >= 15 is 0 Å². The first-order chi connectivity index (χ1) is 8.96. The number of ether oxygens (including phenoxy) is 2. The minimum Gasteiger partial charge on any atom is -0.480 e. The van der Waals surface area contributed by atoms with Gasteiger partial charge in [0, 0.05) is 13.1 Å². The second-order valence-corrected chi connectivity index (χ2v) is 3.95. The summed E-state index contributed by atoms with van der Waals surface area (Å²) in [4.78, 5) is 34.9. The molecule has 7 nitrogen and oxygen atoms in total. The molecule has 1 atom stereocenters. The molecule has 0 rings (SSSR count). The Morgan fingerprint density at radius 1 is 1.05 bits per heavy atom. The van der Waals surface area contributed by atoms with Gasteiger partial charge in [-0.05, 0) is 6.42 Å². The molecule has 0 amide bonds. The molecule has 0 aliphatic rings. The number of aliphatic carboxylic acids is 1. The van der Waals surface area contributed by atoms with Crippen LogP contribution in [0.2, 0.25) is 0 Å². The lowest BCUT2D eigenvalue weighted by Gasteiger charge is -2.27. The van der Waals surface area contributed by atoms with E-state index in [1.165, 1.54) is 14.2 Å². The zero-order chi connectivity index (χ0) is 14.8. The van der Waals surface area contributed by atoms with Crippen LogP contribution in [-0.4, -0.2) is 61.3 Å². The van der Waals surface area contributed by atoms with Gasteiger partial charge in [0.05, 0.1) is 27.1 Å². The summed E-state index contributed by atoms with van der Waals surface area (Å²) in [6.07, 6.45) is 0.556. The Hall–Kier alpha value is -1.63. The van der Waals surface area contributed by atoms with Crippen LogP contribution in [-0.2, 0) is 23.9 Å². The van der Waals surface area contributed by atoms with E-state index in [2.05, 4.69) is 9.47 Å². The third kappa shape index (κ3) is 6.76. The Bertz CT molecular complexity index is 297. The highest BCUT2D eigenvalue weighted by atomic mass is 16.5. The summed E-state index contributed by atoms with van der Waals surface area (Å²) >= 11 is 0. The molecule has 0 bridgehead atoms. The molecular formula is C12H21NO6. The molecule has 0 aliphatic heterocycles. The molecule has 0 radical (unpaired) electrons. The van der Waals surface area contributed by atoms with Crippen molar-refractivity contribution in [3.8, 4) is 0 Å². The van der Waals surface area contributed by atoms with Crippen LogP contribution in [0.3, 0.4) is 0 Å². The lowest BCUT2D eigenvalue weighted by molar-refractivity contribution is -0.147. The average molecular weight is 275 g/mol. The SMILES string of the molecule is CCC(C(=O)O)N(CCC(=O)OC)CCC(=O)OC. The van der Waals surface area contributed by atoms with Gasteiger partial charge in [0.2, 0.25) is 0 Å². The number of methoxy groups -OCH3 is 2. The number of hydrogen-bond donors (Lipinski definition) is 1. The second-order valence-electron chi connectivity index (χ2n) is 3.95. The topological polar surface area (TPSA) is 93.1 Å². The molecule has 0 spiro atoms. The van der Waals surface area contributed by atoms with E-state index in [1.807, 2.05) is 0 Å². The number of carboxylic acid groups (broad SMARTS) is 1. The van der Waals surface area contributed by atoms with Crippen LogP contribution < -0.4 is 0 Å². The summed E-state index contributed by atoms with van der Waals surface area (Å²) in [5, 5.41) is 9.11. The van der Waals surface area contributed by atoms with Crippen molar-refractivity contribution in [3.63, 3.8) is 0 Å². The molecule has 0 aliphatic carbocycles. The summed E-state index contributed by atoms with van der Waals surface area (Å²) in [6, 6.07) is -0.727. The van der Waals surface area contributed by atoms with Crippen LogP contribution in [0.1, 0.15) is 26.2 Å². The highest BCUT2D eigenvalue weighted by Gasteiger charge is 2.24. The highest BCUT2D eigenvalue weighted by molar-refractivity contribution is 5.74.